The highest BCUT2D eigenvalue weighted by molar-refractivity contribution is 5.86. The number of ether oxygens (including phenoxy) is 1. The normalized spacial score (nSPS) is 15.5. The van der Waals surface area contributed by atoms with E-state index in [1.165, 1.54) is 30.3 Å². The molecule has 1 unspecified atom stereocenters. The van der Waals surface area contributed by atoms with Gasteiger partial charge in [-0.25, -0.2) is 4.79 Å². The molecular formula is C26H15F3N2O3. The molecule has 0 fully saturated rings. The zero-order chi connectivity index (χ0) is 24.0. The Balaban J connectivity index is 1.68. The Kier molecular flexibility index (Phi) is 4.91. The Morgan fingerprint density at radius 2 is 1.62 bits per heavy atom. The Hall–Kier alpha value is -4.51. The van der Waals surface area contributed by atoms with Crippen molar-refractivity contribution in [3.05, 3.63) is 111 Å². The maximum absolute atomic E-state index is 13.5. The lowest BCUT2D eigenvalue weighted by Crippen LogP contribution is -2.26. The van der Waals surface area contributed by atoms with E-state index < -0.39 is 23.3 Å². The molecule has 0 bridgehead atoms. The summed E-state index contributed by atoms with van der Waals surface area (Å²) in [5.74, 6) is -0.858. The molecule has 0 amide bonds. The highest BCUT2D eigenvalue weighted by Crippen LogP contribution is 2.44. The van der Waals surface area contributed by atoms with E-state index in [1.54, 1.807) is 36.4 Å². The molecule has 4 aromatic rings. The molecule has 8 heteroatoms. The van der Waals surface area contributed by atoms with Gasteiger partial charge < -0.3 is 14.9 Å². The standard InChI is InChI=1S/C26H15F3N2O3/c27-26(28,29)19-7-3-1-5-16(19)14-9-11-15(12-10-14)21-18(13-30)24(31)34-23-17-6-2-4-8-20(17)33-25(32)22(21)23/h1-12,21H,31H2. The summed E-state index contributed by atoms with van der Waals surface area (Å²) in [4.78, 5) is 12.9. The fourth-order valence-corrected chi connectivity index (χ4v) is 4.24. The quantitative estimate of drug-likeness (QED) is 0.388. The zero-order valence-electron chi connectivity index (χ0n) is 17.4. The van der Waals surface area contributed by atoms with Crippen LogP contribution in [0.2, 0.25) is 0 Å². The molecule has 168 valence electrons. The van der Waals surface area contributed by atoms with Gasteiger partial charge in [-0.15, -0.1) is 0 Å². The Labute approximate surface area is 191 Å². The van der Waals surface area contributed by atoms with Gasteiger partial charge in [0.05, 0.1) is 22.4 Å². The van der Waals surface area contributed by atoms with E-state index in [9.17, 15) is 23.2 Å². The summed E-state index contributed by atoms with van der Waals surface area (Å²) in [5, 5.41) is 10.3. The Morgan fingerprint density at radius 1 is 0.941 bits per heavy atom. The average molecular weight is 460 g/mol. The molecule has 5 rings (SSSR count). The molecular weight excluding hydrogens is 445 g/mol. The molecule has 1 aliphatic rings. The maximum Gasteiger partial charge on any atom is 0.417 e. The summed E-state index contributed by atoms with van der Waals surface area (Å²) >= 11 is 0. The van der Waals surface area contributed by atoms with Crippen LogP contribution in [0, 0.1) is 11.3 Å². The van der Waals surface area contributed by atoms with E-state index >= 15 is 0 Å². The van der Waals surface area contributed by atoms with E-state index in [-0.39, 0.29) is 28.3 Å². The number of hydrogen-bond acceptors (Lipinski definition) is 5. The second-order valence-electron chi connectivity index (χ2n) is 7.72. The van der Waals surface area contributed by atoms with Crippen molar-refractivity contribution >= 4 is 11.0 Å². The summed E-state index contributed by atoms with van der Waals surface area (Å²) < 4.78 is 51.5. The molecule has 1 atom stereocenters. The number of nitrogens with two attached hydrogens (primary N) is 1. The van der Waals surface area contributed by atoms with Gasteiger partial charge in [0.1, 0.15) is 17.2 Å². The molecule has 1 aromatic heterocycles. The number of alkyl halides is 3. The van der Waals surface area contributed by atoms with Crippen molar-refractivity contribution in [2.45, 2.75) is 12.1 Å². The third-order valence-corrected chi connectivity index (χ3v) is 5.76. The number of nitrogens with zero attached hydrogens (tertiary/aromatic N) is 1. The molecule has 0 saturated heterocycles. The van der Waals surface area contributed by atoms with Crippen LogP contribution < -0.4 is 16.1 Å². The van der Waals surface area contributed by atoms with Crippen molar-refractivity contribution in [2.75, 3.05) is 0 Å². The lowest BCUT2D eigenvalue weighted by Gasteiger charge is -2.26. The average Bonchev–Trinajstić information content (AvgIpc) is 2.83. The van der Waals surface area contributed by atoms with Crippen LogP contribution in [-0.4, -0.2) is 0 Å². The molecule has 0 aliphatic carbocycles. The highest BCUT2D eigenvalue weighted by Gasteiger charge is 2.36. The van der Waals surface area contributed by atoms with Crippen LogP contribution in [0.1, 0.15) is 22.6 Å². The first kappa shape index (κ1) is 21.3. The minimum Gasteiger partial charge on any atom is -0.439 e. The minimum atomic E-state index is -4.51. The van der Waals surface area contributed by atoms with Crippen molar-refractivity contribution < 1.29 is 22.3 Å². The van der Waals surface area contributed by atoms with Gasteiger partial charge in [-0.05, 0) is 34.9 Å². The van der Waals surface area contributed by atoms with Crippen molar-refractivity contribution in [1.82, 2.24) is 0 Å². The fraction of sp³-hybridized carbons (Fsp3) is 0.0769. The maximum atomic E-state index is 13.5. The van der Waals surface area contributed by atoms with Crippen LogP contribution in [0.4, 0.5) is 13.2 Å². The second-order valence-corrected chi connectivity index (χ2v) is 7.72. The lowest BCUT2D eigenvalue weighted by atomic mass is 9.83. The van der Waals surface area contributed by atoms with Gasteiger partial charge in [0.2, 0.25) is 5.88 Å². The van der Waals surface area contributed by atoms with E-state index in [0.29, 0.717) is 22.1 Å². The van der Waals surface area contributed by atoms with Crippen LogP contribution in [0.3, 0.4) is 0 Å². The largest absolute Gasteiger partial charge is 0.439 e. The van der Waals surface area contributed by atoms with Gasteiger partial charge >= 0.3 is 11.8 Å². The molecule has 3 aromatic carbocycles. The fourth-order valence-electron chi connectivity index (χ4n) is 4.24. The molecule has 34 heavy (non-hydrogen) atoms. The van der Waals surface area contributed by atoms with Gasteiger partial charge in [-0.2, -0.15) is 18.4 Å². The van der Waals surface area contributed by atoms with Gasteiger partial charge in [0.15, 0.2) is 5.75 Å². The molecule has 0 spiro atoms. The predicted octanol–water partition coefficient (Wildman–Crippen LogP) is 5.70. The number of benzene rings is 3. The zero-order valence-corrected chi connectivity index (χ0v) is 17.4. The first-order valence-electron chi connectivity index (χ1n) is 10.2. The van der Waals surface area contributed by atoms with Gasteiger partial charge in [-0.3, -0.25) is 0 Å². The first-order chi connectivity index (χ1) is 16.3. The van der Waals surface area contributed by atoms with E-state index in [0.717, 1.165) is 6.07 Å². The molecule has 5 nitrogen and oxygen atoms in total. The van der Waals surface area contributed by atoms with Crippen molar-refractivity contribution in [2.24, 2.45) is 5.73 Å². The SMILES string of the molecule is N#CC1=C(N)Oc2c(c(=O)oc3ccccc23)C1c1ccc(-c2ccccc2C(F)(F)F)cc1. The summed E-state index contributed by atoms with van der Waals surface area (Å²) in [7, 11) is 0. The van der Waals surface area contributed by atoms with Crippen LogP contribution in [0.15, 0.2) is 93.5 Å². The molecule has 2 heterocycles. The third kappa shape index (κ3) is 3.39. The highest BCUT2D eigenvalue weighted by atomic mass is 19.4. The molecule has 1 aliphatic heterocycles. The van der Waals surface area contributed by atoms with E-state index in [4.69, 9.17) is 14.9 Å². The van der Waals surface area contributed by atoms with Crippen LogP contribution in [-0.2, 0) is 6.18 Å². The topological polar surface area (TPSA) is 89.3 Å². The molecule has 0 saturated carbocycles. The van der Waals surface area contributed by atoms with Crippen LogP contribution >= 0.6 is 0 Å². The van der Waals surface area contributed by atoms with Crippen LogP contribution in [0.5, 0.6) is 5.75 Å². The second kappa shape index (κ2) is 7.81. The molecule has 2 N–H and O–H groups in total. The van der Waals surface area contributed by atoms with E-state index in [1.807, 2.05) is 6.07 Å². The summed E-state index contributed by atoms with van der Waals surface area (Å²) in [6.45, 7) is 0. The minimum absolute atomic E-state index is 0.0125. The van der Waals surface area contributed by atoms with Gasteiger partial charge in [0.25, 0.3) is 0 Å². The van der Waals surface area contributed by atoms with Crippen LogP contribution in [0.25, 0.3) is 22.1 Å². The van der Waals surface area contributed by atoms with Crippen molar-refractivity contribution in [1.29, 1.82) is 5.26 Å². The summed E-state index contributed by atoms with van der Waals surface area (Å²) in [6.07, 6.45) is -4.51. The number of nitriles is 1. The van der Waals surface area contributed by atoms with Gasteiger partial charge in [-0.1, -0.05) is 54.6 Å². The number of halogens is 3. The number of hydrogen-bond donors (Lipinski definition) is 1. The third-order valence-electron chi connectivity index (χ3n) is 5.76. The smallest absolute Gasteiger partial charge is 0.417 e. The van der Waals surface area contributed by atoms with E-state index in [2.05, 4.69) is 0 Å². The predicted molar refractivity (Wildman–Crippen MR) is 119 cm³/mol. The number of fused-ring (bicyclic) bond motifs is 3. The number of rotatable bonds is 2. The monoisotopic (exact) mass is 460 g/mol. The lowest BCUT2D eigenvalue weighted by molar-refractivity contribution is -0.137. The number of para-hydroxylation sites is 1. The summed E-state index contributed by atoms with van der Waals surface area (Å²) in [5.41, 5.74) is 5.86. The Bertz CT molecular complexity index is 1560. The first-order valence-corrected chi connectivity index (χ1v) is 10.2. The van der Waals surface area contributed by atoms with Crippen molar-refractivity contribution in [3.8, 4) is 22.9 Å². The van der Waals surface area contributed by atoms with Gasteiger partial charge in [0, 0.05) is 0 Å². The number of allylic oxidation sites excluding steroid dienone is 1. The Morgan fingerprint density at radius 3 is 2.32 bits per heavy atom. The molecule has 0 radical (unpaired) electrons. The summed E-state index contributed by atoms with van der Waals surface area (Å²) in [6, 6.07) is 20.2. The van der Waals surface area contributed by atoms with Crippen molar-refractivity contribution in [3.63, 3.8) is 0 Å².